The van der Waals surface area contributed by atoms with Crippen LogP contribution in [-0.4, -0.2) is 0 Å². The van der Waals surface area contributed by atoms with Gasteiger partial charge in [-0.1, -0.05) is 33.8 Å². The average Bonchev–Trinajstić information content (AvgIpc) is 1.97. The van der Waals surface area contributed by atoms with E-state index in [1.807, 2.05) is 13.0 Å². The van der Waals surface area contributed by atoms with Crippen LogP contribution in [0, 0.1) is 23.7 Å². The highest BCUT2D eigenvalue weighted by atomic mass is 79.9. The number of halogens is 1. The first-order valence-electron chi connectivity index (χ1n) is 2.79. The maximum Gasteiger partial charge on any atom is -0.00393 e. The number of rotatable bonds is 0. The lowest BCUT2D eigenvalue weighted by molar-refractivity contribution is 1.76. The monoisotopic (exact) mass is 194 g/mol. The molecule has 0 spiro atoms. The Morgan fingerprint density at radius 2 is 1.70 bits per heavy atom. The average molecular weight is 195 g/mol. The zero-order valence-corrected chi connectivity index (χ0v) is 7.27. The molecule has 10 heavy (non-hydrogen) atoms. The minimum Gasteiger partial charge on any atom is -0.0792 e. The number of hydrogen-bond acceptors (Lipinski definition) is 0. The van der Waals surface area contributed by atoms with E-state index in [-0.39, 0.29) is 0 Å². The number of hydrogen-bond donors (Lipinski definition) is 0. The van der Waals surface area contributed by atoms with E-state index >= 15 is 0 Å². The van der Waals surface area contributed by atoms with E-state index in [4.69, 9.17) is 0 Å². The van der Waals surface area contributed by atoms with Crippen molar-refractivity contribution in [1.29, 1.82) is 0 Å². The Hall–Kier alpha value is -0.920. The van der Waals surface area contributed by atoms with Gasteiger partial charge < -0.3 is 0 Å². The molecule has 0 aliphatic carbocycles. The van der Waals surface area contributed by atoms with Crippen molar-refractivity contribution in [3.8, 4) is 23.7 Å². The Morgan fingerprint density at radius 1 is 1.10 bits per heavy atom. The Balaban J connectivity index is 3.78. The molecule has 0 saturated heterocycles. The third-order valence-corrected chi connectivity index (χ3v) is 0.867. The van der Waals surface area contributed by atoms with Gasteiger partial charge in [0.15, 0.2) is 0 Å². The van der Waals surface area contributed by atoms with Crippen LogP contribution in [0.25, 0.3) is 0 Å². The first-order valence-corrected chi connectivity index (χ1v) is 3.71. The highest BCUT2D eigenvalue weighted by molar-refractivity contribution is 9.11. The molecular formula is C9H7Br. The highest BCUT2D eigenvalue weighted by Gasteiger charge is 1.54. The summed E-state index contributed by atoms with van der Waals surface area (Å²) in [4.78, 5) is 1.69. The maximum absolute atomic E-state index is 3.09. The van der Waals surface area contributed by atoms with Crippen LogP contribution in [0.5, 0.6) is 0 Å². The molecule has 0 atom stereocenters. The van der Waals surface area contributed by atoms with Crippen molar-refractivity contribution >= 4 is 15.9 Å². The van der Waals surface area contributed by atoms with Crippen LogP contribution in [0.2, 0.25) is 0 Å². The van der Waals surface area contributed by atoms with Crippen LogP contribution in [0.4, 0.5) is 0 Å². The number of allylic oxidation sites excluding steroid dienone is 3. The quantitative estimate of drug-likeness (QED) is 0.521. The van der Waals surface area contributed by atoms with Gasteiger partial charge in [-0.3, -0.25) is 0 Å². The summed E-state index contributed by atoms with van der Waals surface area (Å²) in [7, 11) is 0. The predicted octanol–water partition coefficient (Wildman–Crippen LogP) is 2.48. The minimum atomic E-state index is 1.68. The Labute approximate surface area is 70.1 Å². The second kappa shape index (κ2) is 8.08. The van der Waals surface area contributed by atoms with Crippen LogP contribution in [0.15, 0.2) is 23.2 Å². The molecule has 0 aliphatic rings. The first kappa shape index (κ1) is 9.08. The van der Waals surface area contributed by atoms with Gasteiger partial charge in [-0.2, -0.15) is 0 Å². The van der Waals surface area contributed by atoms with E-state index < -0.39 is 0 Å². The van der Waals surface area contributed by atoms with Crippen LogP contribution >= 0.6 is 15.9 Å². The van der Waals surface area contributed by atoms with E-state index in [1.165, 1.54) is 0 Å². The normalized spacial score (nSPS) is 8.60. The lowest BCUT2D eigenvalue weighted by Crippen LogP contribution is -1.50. The Kier molecular flexibility index (Phi) is 7.34. The molecule has 0 radical (unpaired) electrons. The van der Waals surface area contributed by atoms with Crippen molar-refractivity contribution < 1.29 is 0 Å². The van der Waals surface area contributed by atoms with Gasteiger partial charge in [-0.15, -0.1) is 0 Å². The van der Waals surface area contributed by atoms with Gasteiger partial charge in [-0.25, -0.2) is 0 Å². The summed E-state index contributed by atoms with van der Waals surface area (Å²) >= 11 is 3.09. The van der Waals surface area contributed by atoms with Gasteiger partial charge in [0.1, 0.15) is 0 Å². The zero-order valence-electron chi connectivity index (χ0n) is 5.69. The van der Waals surface area contributed by atoms with Crippen molar-refractivity contribution in [2.24, 2.45) is 0 Å². The highest BCUT2D eigenvalue weighted by Crippen LogP contribution is 1.78. The minimum absolute atomic E-state index is 1.68. The molecule has 0 rings (SSSR count). The van der Waals surface area contributed by atoms with Gasteiger partial charge in [0.05, 0.1) is 0 Å². The molecule has 0 saturated carbocycles. The van der Waals surface area contributed by atoms with Crippen molar-refractivity contribution in [3.63, 3.8) is 0 Å². The molecule has 0 aromatic heterocycles. The van der Waals surface area contributed by atoms with E-state index in [1.54, 1.807) is 17.1 Å². The third kappa shape index (κ3) is 7.08. The van der Waals surface area contributed by atoms with Gasteiger partial charge in [-0.05, 0) is 35.9 Å². The molecule has 0 aromatic carbocycles. The van der Waals surface area contributed by atoms with E-state index in [2.05, 4.69) is 39.6 Å². The van der Waals surface area contributed by atoms with Crippen molar-refractivity contribution in [3.05, 3.63) is 23.2 Å². The molecule has 0 unspecified atom stereocenters. The van der Waals surface area contributed by atoms with Gasteiger partial charge in [0.2, 0.25) is 0 Å². The first-order chi connectivity index (χ1) is 4.91. The topological polar surface area (TPSA) is 0 Å². The maximum atomic E-state index is 3.09. The molecule has 50 valence electrons. The third-order valence-electron chi connectivity index (χ3n) is 0.603. The molecule has 0 aromatic rings. The Bertz CT molecular complexity index is 209. The van der Waals surface area contributed by atoms with Crippen LogP contribution in [0.3, 0.4) is 0 Å². The van der Waals surface area contributed by atoms with Crippen LogP contribution in [-0.2, 0) is 0 Å². The van der Waals surface area contributed by atoms with Crippen molar-refractivity contribution in [2.45, 2.75) is 6.92 Å². The van der Waals surface area contributed by atoms with Gasteiger partial charge in [0.25, 0.3) is 0 Å². The summed E-state index contributed by atoms with van der Waals surface area (Å²) in [5.41, 5.74) is 0. The molecule has 0 aliphatic heterocycles. The van der Waals surface area contributed by atoms with Gasteiger partial charge >= 0.3 is 0 Å². The van der Waals surface area contributed by atoms with E-state index in [9.17, 15) is 0 Å². The summed E-state index contributed by atoms with van der Waals surface area (Å²) in [6.07, 6.45) is 5.31. The Morgan fingerprint density at radius 3 is 2.20 bits per heavy atom. The zero-order chi connectivity index (χ0) is 7.66. The fourth-order valence-corrected chi connectivity index (χ4v) is 0.402. The van der Waals surface area contributed by atoms with E-state index in [0.29, 0.717) is 0 Å². The SMILES string of the molecule is C/C=C/C#CC#C/C=C/Br. The lowest BCUT2D eigenvalue weighted by atomic mass is 10.5. The lowest BCUT2D eigenvalue weighted by Gasteiger charge is -1.60. The van der Waals surface area contributed by atoms with E-state index in [0.717, 1.165) is 0 Å². The summed E-state index contributed by atoms with van der Waals surface area (Å²) in [6, 6.07) is 0. The summed E-state index contributed by atoms with van der Waals surface area (Å²) < 4.78 is 0. The summed E-state index contributed by atoms with van der Waals surface area (Å²) in [5.74, 6) is 10.7. The summed E-state index contributed by atoms with van der Waals surface area (Å²) in [6.45, 7) is 1.92. The van der Waals surface area contributed by atoms with Crippen LogP contribution < -0.4 is 0 Å². The molecule has 0 heterocycles. The molecule has 0 fully saturated rings. The van der Waals surface area contributed by atoms with Crippen LogP contribution in [0.1, 0.15) is 6.92 Å². The largest absolute Gasteiger partial charge is 0.0792 e. The second-order valence-corrected chi connectivity index (χ2v) is 1.86. The fraction of sp³-hybridized carbons (Fsp3) is 0.111. The molecular weight excluding hydrogens is 188 g/mol. The smallest absolute Gasteiger partial charge is 0.00393 e. The molecule has 0 bridgehead atoms. The van der Waals surface area contributed by atoms with Crippen molar-refractivity contribution in [1.82, 2.24) is 0 Å². The molecule has 1 heteroatoms. The predicted molar refractivity (Wildman–Crippen MR) is 48.4 cm³/mol. The molecule has 0 nitrogen and oxygen atoms in total. The fourth-order valence-electron chi connectivity index (χ4n) is 0.270. The summed E-state index contributed by atoms with van der Waals surface area (Å²) in [5, 5.41) is 0. The molecule has 0 amide bonds. The standard InChI is InChI=1S/C9H7Br/c1-2-3-4-5-6-7-8-9-10/h2-3,8-9H,1H3/b3-2+,9-8+. The van der Waals surface area contributed by atoms with Gasteiger partial charge in [0, 0.05) is 0 Å². The molecule has 0 N–H and O–H groups in total. The van der Waals surface area contributed by atoms with Crippen molar-refractivity contribution in [2.75, 3.05) is 0 Å². The second-order valence-electron chi connectivity index (χ2n) is 1.33.